The van der Waals surface area contributed by atoms with E-state index >= 15 is 0 Å². The third-order valence-corrected chi connectivity index (χ3v) is 5.30. The summed E-state index contributed by atoms with van der Waals surface area (Å²) in [5.41, 5.74) is 2.57. The van der Waals surface area contributed by atoms with Gasteiger partial charge in [0.15, 0.2) is 5.11 Å². The predicted molar refractivity (Wildman–Crippen MR) is 123 cm³/mol. The molecule has 1 saturated heterocycles. The van der Waals surface area contributed by atoms with Crippen LogP contribution in [-0.2, 0) is 0 Å². The largest absolute Gasteiger partial charge is 0.494 e. The molecule has 5 nitrogen and oxygen atoms in total. The molecule has 0 spiro atoms. The van der Waals surface area contributed by atoms with Gasteiger partial charge in [0.1, 0.15) is 5.75 Å². The Morgan fingerprint density at radius 1 is 1.14 bits per heavy atom. The lowest BCUT2D eigenvalue weighted by Crippen LogP contribution is -2.36. The van der Waals surface area contributed by atoms with Crippen LogP contribution in [0, 0.1) is 5.92 Å². The summed E-state index contributed by atoms with van der Waals surface area (Å²) in [5, 5.41) is 6.25. The third kappa shape index (κ3) is 5.94. The van der Waals surface area contributed by atoms with Gasteiger partial charge in [0.2, 0.25) is 0 Å². The Morgan fingerprint density at radius 2 is 1.83 bits per heavy atom. The zero-order chi connectivity index (χ0) is 20.6. The van der Waals surface area contributed by atoms with Crippen molar-refractivity contribution in [3.05, 3.63) is 54.1 Å². The normalized spacial score (nSPS) is 14.3. The first-order chi connectivity index (χ1) is 14.1. The van der Waals surface area contributed by atoms with Crippen molar-refractivity contribution in [2.75, 3.05) is 29.9 Å². The van der Waals surface area contributed by atoms with Crippen molar-refractivity contribution in [3.63, 3.8) is 0 Å². The van der Waals surface area contributed by atoms with Crippen molar-refractivity contribution >= 4 is 34.6 Å². The first kappa shape index (κ1) is 21.1. The molecule has 1 fully saturated rings. The van der Waals surface area contributed by atoms with Gasteiger partial charge in [0.25, 0.3) is 5.91 Å². The van der Waals surface area contributed by atoms with Crippen LogP contribution in [0.4, 0.5) is 11.4 Å². The van der Waals surface area contributed by atoms with E-state index in [4.69, 9.17) is 17.0 Å². The Hall–Kier alpha value is -2.60. The van der Waals surface area contributed by atoms with Crippen LogP contribution >= 0.6 is 12.2 Å². The summed E-state index contributed by atoms with van der Waals surface area (Å²) in [6.07, 6.45) is 3.32. The van der Waals surface area contributed by atoms with Crippen LogP contribution in [0.15, 0.2) is 48.5 Å². The maximum Gasteiger partial charge on any atom is 0.257 e. The Labute approximate surface area is 178 Å². The fraction of sp³-hybridized carbons (Fsp3) is 0.391. The average Bonchev–Trinajstić information content (AvgIpc) is 2.73. The Balaban J connectivity index is 1.60. The number of para-hydroxylation sites is 2. The molecule has 0 radical (unpaired) electrons. The number of rotatable bonds is 6. The van der Waals surface area contributed by atoms with Gasteiger partial charge in [-0.3, -0.25) is 10.1 Å². The van der Waals surface area contributed by atoms with Gasteiger partial charge in [-0.2, -0.15) is 0 Å². The lowest BCUT2D eigenvalue weighted by molar-refractivity contribution is 0.0977. The molecule has 29 heavy (non-hydrogen) atoms. The highest BCUT2D eigenvalue weighted by Gasteiger charge is 2.18. The average molecular weight is 412 g/mol. The molecule has 0 aliphatic carbocycles. The number of carbonyl (C=O) groups is 1. The summed E-state index contributed by atoms with van der Waals surface area (Å²) < 4.78 is 5.55. The van der Waals surface area contributed by atoms with Gasteiger partial charge in [0.05, 0.1) is 18.0 Å². The van der Waals surface area contributed by atoms with Gasteiger partial charge >= 0.3 is 0 Å². The minimum Gasteiger partial charge on any atom is -0.494 e. The minimum absolute atomic E-state index is 0.242. The van der Waals surface area contributed by atoms with Crippen LogP contribution in [0.1, 0.15) is 43.5 Å². The van der Waals surface area contributed by atoms with E-state index in [0.29, 0.717) is 17.3 Å². The molecular weight excluding hydrogens is 382 g/mol. The minimum atomic E-state index is -0.242. The van der Waals surface area contributed by atoms with E-state index < -0.39 is 0 Å². The molecule has 1 aliphatic rings. The monoisotopic (exact) mass is 411 g/mol. The highest BCUT2D eigenvalue weighted by atomic mass is 32.1. The summed E-state index contributed by atoms with van der Waals surface area (Å²) in [7, 11) is 0. The molecule has 1 aliphatic heterocycles. The number of benzene rings is 2. The summed E-state index contributed by atoms with van der Waals surface area (Å²) >= 11 is 5.39. The second-order valence-electron chi connectivity index (χ2n) is 7.47. The topological polar surface area (TPSA) is 53.6 Å². The van der Waals surface area contributed by atoms with Crippen molar-refractivity contribution < 1.29 is 9.53 Å². The molecule has 0 aromatic heterocycles. The molecule has 1 amide bonds. The van der Waals surface area contributed by atoms with Gasteiger partial charge in [-0.05, 0) is 73.8 Å². The van der Waals surface area contributed by atoms with Gasteiger partial charge < -0.3 is 15.0 Å². The number of hydrogen-bond acceptors (Lipinski definition) is 4. The maximum atomic E-state index is 12.5. The molecule has 3 rings (SSSR count). The third-order valence-electron chi connectivity index (χ3n) is 5.09. The van der Waals surface area contributed by atoms with E-state index in [1.165, 1.54) is 12.8 Å². The molecule has 6 heteroatoms. The Kier molecular flexibility index (Phi) is 7.47. The van der Waals surface area contributed by atoms with Gasteiger partial charge in [-0.15, -0.1) is 0 Å². The number of carbonyl (C=O) groups excluding carboxylic acids is 1. The van der Waals surface area contributed by atoms with Crippen molar-refractivity contribution in [2.45, 2.75) is 33.1 Å². The summed E-state index contributed by atoms with van der Waals surface area (Å²) in [5.74, 6) is 1.29. The quantitative estimate of drug-likeness (QED) is 0.666. The molecule has 2 aromatic carbocycles. The van der Waals surface area contributed by atoms with Gasteiger partial charge in [0, 0.05) is 18.7 Å². The summed E-state index contributed by atoms with van der Waals surface area (Å²) in [4.78, 5) is 14.9. The highest BCUT2D eigenvalue weighted by Crippen LogP contribution is 2.29. The number of thiocarbonyl (C=S) groups is 1. The number of amides is 1. The van der Waals surface area contributed by atoms with Crippen LogP contribution in [0.25, 0.3) is 0 Å². The highest BCUT2D eigenvalue weighted by molar-refractivity contribution is 7.80. The molecule has 154 valence electrons. The molecule has 0 saturated carbocycles. The van der Waals surface area contributed by atoms with Crippen molar-refractivity contribution in [3.8, 4) is 5.75 Å². The SMILES string of the molecule is CCCOc1ccc(C(=O)NC(=S)Nc2ccccc2N2CCC(C)CC2)cc1. The van der Waals surface area contributed by atoms with Crippen LogP contribution < -0.4 is 20.3 Å². The second kappa shape index (κ2) is 10.3. The molecule has 2 N–H and O–H groups in total. The van der Waals surface area contributed by atoms with E-state index in [-0.39, 0.29) is 5.91 Å². The second-order valence-corrected chi connectivity index (χ2v) is 7.88. The van der Waals surface area contributed by atoms with Crippen molar-refractivity contribution in [2.24, 2.45) is 5.92 Å². The number of nitrogens with one attached hydrogen (secondary N) is 2. The standard InChI is InChI=1S/C23H29N3O2S/c1-3-16-28-19-10-8-18(9-11-19)22(27)25-23(29)24-20-6-4-5-7-21(20)26-14-12-17(2)13-15-26/h4-11,17H,3,12-16H2,1-2H3,(H2,24,25,27,29). The van der Waals surface area contributed by atoms with Gasteiger partial charge in [-0.25, -0.2) is 0 Å². The molecular formula is C23H29N3O2S. The first-order valence-corrected chi connectivity index (χ1v) is 10.7. The number of anilines is 2. The van der Waals surface area contributed by atoms with Crippen LogP contribution in [0.3, 0.4) is 0 Å². The zero-order valence-corrected chi connectivity index (χ0v) is 17.9. The Bertz CT molecular complexity index is 830. The number of nitrogens with zero attached hydrogens (tertiary/aromatic N) is 1. The number of ether oxygens (including phenoxy) is 1. The van der Waals surface area contributed by atoms with Crippen LogP contribution in [-0.4, -0.2) is 30.7 Å². The smallest absolute Gasteiger partial charge is 0.257 e. The molecule has 0 unspecified atom stereocenters. The Morgan fingerprint density at radius 3 is 2.52 bits per heavy atom. The summed E-state index contributed by atoms with van der Waals surface area (Å²) in [6, 6.07) is 15.2. The maximum absolute atomic E-state index is 12.5. The summed E-state index contributed by atoms with van der Waals surface area (Å²) in [6.45, 7) is 7.08. The lowest BCUT2D eigenvalue weighted by Gasteiger charge is -2.33. The number of piperidine rings is 1. The van der Waals surface area contributed by atoms with Crippen LogP contribution in [0.2, 0.25) is 0 Å². The van der Waals surface area contributed by atoms with Crippen LogP contribution in [0.5, 0.6) is 5.75 Å². The lowest BCUT2D eigenvalue weighted by atomic mass is 9.98. The molecule has 2 aromatic rings. The fourth-order valence-electron chi connectivity index (χ4n) is 3.36. The molecule has 0 atom stereocenters. The van der Waals surface area contributed by atoms with Crippen molar-refractivity contribution in [1.29, 1.82) is 0 Å². The van der Waals surface area contributed by atoms with Crippen molar-refractivity contribution in [1.82, 2.24) is 5.32 Å². The fourth-order valence-corrected chi connectivity index (χ4v) is 3.56. The zero-order valence-electron chi connectivity index (χ0n) is 17.1. The van der Waals surface area contributed by atoms with E-state index in [1.807, 2.05) is 18.2 Å². The van der Waals surface area contributed by atoms with E-state index in [9.17, 15) is 4.79 Å². The molecule has 0 bridgehead atoms. The first-order valence-electron chi connectivity index (χ1n) is 10.3. The molecule has 1 heterocycles. The van der Waals surface area contributed by atoms with E-state index in [1.54, 1.807) is 24.3 Å². The van der Waals surface area contributed by atoms with Gasteiger partial charge in [-0.1, -0.05) is 26.0 Å². The van der Waals surface area contributed by atoms with E-state index in [2.05, 4.69) is 35.4 Å². The number of hydrogen-bond donors (Lipinski definition) is 2. The van der Waals surface area contributed by atoms with E-state index in [0.717, 1.165) is 42.6 Å². The predicted octanol–water partition coefficient (Wildman–Crippen LogP) is 4.84.